The number of allylic oxidation sites excluding steroid dienone is 1. The largest absolute Gasteiger partial charge is 0.494 e. The van der Waals surface area contributed by atoms with E-state index in [0.717, 1.165) is 24.2 Å². The first-order valence-corrected chi connectivity index (χ1v) is 12.9. The molecule has 2 heterocycles. The Morgan fingerprint density at radius 2 is 1.97 bits per heavy atom. The summed E-state index contributed by atoms with van der Waals surface area (Å²) in [5.41, 5.74) is 1.10. The predicted octanol–water partition coefficient (Wildman–Crippen LogP) is 4.05. The molecule has 1 aliphatic heterocycles. The number of benzene rings is 2. The summed E-state index contributed by atoms with van der Waals surface area (Å²) in [5.74, 6) is 0.0786. The molecule has 38 heavy (non-hydrogen) atoms. The predicted molar refractivity (Wildman–Crippen MR) is 145 cm³/mol. The molecule has 1 unspecified atom stereocenters. The highest BCUT2D eigenvalue weighted by Crippen LogP contribution is 2.31. The van der Waals surface area contributed by atoms with E-state index in [9.17, 15) is 19.7 Å². The lowest BCUT2D eigenvalue weighted by Gasteiger charge is -2.24. The Morgan fingerprint density at radius 1 is 1.24 bits per heavy atom. The molecule has 0 saturated heterocycles. The molecular weight excluding hydrogens is 506 g/mol. The number of rotatable bonds is 10. The normalized spacial score (nSPS) is 15.0. The monoisotopic (exact) mass is 533 g/mol. The van der Waals surface area contributed by atoms with Crippen LogP contribution in [0.5, 0.6) is 5.75 Å². The third-order valence-corrected chi connectivity index (χ3v) is 6.94. The molecule has 0 radical (unpaired) electrons. The molecule has 1 aliphatic rings. The number of ether oxygens (including phenoxy) is 2. The Hall–Kier alpha value is -4.31. The number of carbonyl (C=O) groups is 1. The summed E-state index contributed by atoms with van der Waals surface area (Å²) in [6, 6.07) is 12.6. The van der Waals surface area contributed by atoms with Crippen LogP contribution < -0.4 is 19.6 Å². The second-order valence-electron chi connectivity index (χ2n) is 8.56. The highest BCUT2D eigenvalue weighted by Gasteiger charge is 2.33. The van der Waals surface area contributed by atoms with Gasteiger partial charge in [0.1, 0.15) is 12.4 Å². The molecule has 0 fully saturated rings. The number of hydrogen-bond donors (Lipinski definition) is 0. The molecule has 1 aromatic heterocycles. The SMILES string of the molecule is C=CCOC(=O)C1=C(C)N=c2s/c(=C\c3ccccc3[N+](=O)[O-])c(=O)n2C1c1ccc(OCCCC)cc1. The van der Waals surface area contributed by atoms with Gasteiger partial charge in [0, 0.05) is 6.07 Å². The number of para-hydroxylation sites is 1. The highest BCUT2D eigenvalue weighted by molar-refractivity contribution is 7.07. The van der Waals surface area contributed by atoms with Gasteiger partial charge in [-0.2, -0.15) is 0 Å². The third-order valence-electron chi connectivity index (χ3n) is 5.96. The van der Waals surface area contributed by atoms with Gasteiger partial charge in [-0.15, -0.1) is 0 Å². The van der Waals surface area contributed by atoms with Gasteiger partial charge in [-0.05, 0) is 43.2 Å². The molecule has 0 saturated carbocycles. The molecule has 1 atom stereocenters. The lowest BCUT2D eigenvalue weighted by Crippen LogP contribution is -2.39. The van der Waals surface area contributed by atoms with Crippen molar-refractivity contribution in [1.29, 1.82) is 0 Å². The van der Waals surface area contributed by atoms with Gasteiger partial charge in [-0.3, -0.25) is 19.5 Å². The van der Waals surface area contributed by atoms with E-state index in [1.165, 1.54) is 22.8 Å². The Kier molecular flexibility index (Phi) is 8.32. The average Bonchev–Trinajstić information content (AvgIpc) is 3.21. The van der Waals surface area contributed by atoms with Crippen LogP contribution in [-0.2, 0) is 9.53 Å². The van der Waals surface area contributed by atoms with Gasteiger partial charge >= 0.3 is 5.97 Å². The number of carbonyl (C=O) groups excluding carboxylic acids is 1. The molecule has 0 amide bonds. The highest BCUT2D eigenvalue weighted by atomic mass is 32.1. The molecular formula is C28H27N3O6S. The van der Waals surface area contributed by atoms with Crippen molar-refractivity contribution in [3.63, 3.8) is 0 Å². The van der Waals surface area contributed by atoms with Crippen LogP contribution in [0, 0.1) is 10.1 Å². The van der Waals surface area contributed by atoms with Crippen molar-refractivity contribution in [3.8, 4) is 5.75 Å². The number of thiazole rings is 1. The van der Waals surface area contributed by atoms with Crippen LogP contribution in [0.1, 0.15) is 43.9 Å². The van der Waals surface area contributed by atoms with Crippen molar-refractivity contribution in [2.24, 2.45) is 4.99 Å². The summed E-state index contributed by atoms with van der Waals surface area (Å²) in [6.07, 6.45) is 4.89. The zero-order valence-electron chi connectivity index (χ0n) is 21.1. The number of nitro benzene ring substituents is 1. The second-order valence-corrected chi connectivity index (χ2v) is 9.57. The fourth-order valence-corrected chi connectivity index (χ4v) is 5.15. The summed E-state index contributed by atoms with van der Waals surface area (Å²) in [7, 11) is 0. The molecule has 9 nitrogen and oxygen atoms in total. The van der Waals surface area contributed by atoms with Crippen LogP contribution in [0.4, 0.5) is 5.69 Å². The number of aromatic nitrogens is 1. The average molecular weight is 534 g/mol. The fourth-order valence-electron chi connectivity index (χ4n) is 4.11. The quantitative estimate of drug-likeness (QED) is 0.128. The molecule has 10 heteroatoms. The van der Waals surface area contributed by atoms with E-state index in [2.05, 4.69) is 18.5 Å². The number of hydrogen-bond acceptors (Lipinski definition) is 8. The van der Waals surface area contributed by atoms with Crippen LogP contribution in [0.3, 0.4) is 0 Å². The summed E-state index contributed by atoms with van der Waals surface area (Å²) in [6.45, 7) is 7.97. The molecule has 0 N–H and O–H groups in total. The number of nitrogens with zero attached hydrogens (tertiary/aromatic N) is 3. The summed E-state index contributed by atoms with van der Waals surface area (Å²) in [4.78, 5) is 42.8. The van der Waals surface area contributed by atoms with Crippen LogP contribution >= 0.6 is 11.3 Å². The smallest absolute Gasteiger partial charge is 0.338 e. The Labute approximate surface area is 222 Å². The van der Waals surface area contributed by atoms with Gasteiger partial charge in [-0.1, -0.05) is 61.6 Å². The second kappa shape index (κ2) is 11.8. The van der Waals surface area contributed by atoms with Gasteiger partial charge in [-0.25, -0.2) is 9.79 Å². The zero-order valence-corrected chi connectivity index (χ0v) is 21.9. The molecule has 4 rings (SSSR count). The van der Waals surface area contributed by atoms with Crippen LogP contribution in [0.15, 0.2) is 82.2 Å². The van der Waals surface area contributed by atoms with Crippen molar-refractivity contribution in [3.05, 3.63) is 113 Å². The summed E-state index contributed by atoms with van der Waals surface area (Å²) >= 11 is 1.11. The lowest BCUT2D eigenvalue weighted by molar-refractivity contribution is -0.385. The fraction of sp³-hybridized carbons (Fsp3) is 0.250. The van der Waals surface area contributed by atoms with Crippen molar-refractivity contribution in [1.82, 2.24) is 4.57 Å². The zero-order chi connectivity index (χ0) is 27.2. The first kappa shape index (κ1) is 26.7. The standard InChI is InChI=1S/C28H27N3O6S/c1-4-6-16-36-21-13-11-19(12-14-21)25-24(27(33)37-15-5-2)18(3)29-28-30(25)26(32)23(38-28)17-20-9-7-8-10-22(20)31(34)35/h5,7-14,17,25H,2,4,6,15-16H2,1,3H3/b23-17-. The maximum atomic E-state index is 13.7. The van der Waals surface area contributed by atoms with E-state index in [-0.39, 0.29) is 22.4 Å². The molecule has 2 aromatic carbocycles. The van der Waals surface area contributed by atoms with Crippen molar-refractivity contribution < 1.29 is 19.2 Å². The number of nitro groups is 1. The van der Waals surface area contributed by atoms with Crippen LogP contribution in [0.2, 0.25) is 0 Å². The van der Waals surface area contributed by atoms with E-state index in [1.54, 1.807) is 37.3 Å². The maximum Gasteiger partial charge on any atom is 0.338 e. The van der Waals surface area contributed by atoms with Crippen molar-refractivity contribution >= 4 is 29.1 Å². The molecule has 3 aromatic rings. The first-order valence-electron chi connectivity index (χ1n) is 12.1. The number of fused-ring (bicyclic) bond motifs is 1. The molecule has 0 bridgehead atoms. The van der Waals surface area contributed by atoms with Crippen molar-refractivity contribution in [2.75, 3.05) is 13.2 Å². The summed E-state index contributed by atoms with van der Waals surface area (Å²) < 4.78 is 12.8. The lowest BCUT2D eigenvalue weighted by atomic mass is 9.96. The molecule has 196 valence electrons. The summed E-state index contributed by atoms with van der Waals surface area (Å²) in [5, 5.41) is 11.5. The van der Waals surface area contributed by atoms with Crippen molar-refractivity contribution in [2.45, 2.75) is 32.7 Å². The Balaban J connectivity index is 1.86. The van der Waals surface area contributed by atoms with Gasteiger partial charge in [0.2, 0.25) is 0 Å². The van der Waals surface area contributed by atoms with Gasteiger partial charge in [0.15, 0.2) is 4.80 Å². The topological polar surface area (TPSA) is 113 Å². The van der Waals surface area contributed by atoms with Crippen LogP contribution in [0.25, 0.3) is 6.08 Å². The number of unbranched alkanes of at least 4 members (excludes halogenated alkanes) is 1. The van der Waals surface area contributed by atoms with E-state index in [4.69, 9.17) is 9.47 Å². The first-order chi connectivity index (χ1) is 18.3. The molecule has 0 spiro atoms. The third kappa shape index (κ3) is 5.50. The van der Waals surface area contributed by atoms with E-state index >= 15 is 0 Å². The van der Waals surface area contributed by atoms with Gasteiger partial charge in [0.25, 0.3) is 11.2 Å². The minimum Gasteiger partial charge on any atom is -0.494 e. The van der Waals surface area contributed by atoms with E-state index in [0.29, 0.717) is 34.0 Å². The number of esters is 1. The van der Waals surface area contributed by atoms with Gasteiger partial charge < -0.3 is 9.47 Å². The minimum atomic E-state index is -0.804. The Morgan fingerprint density at radius 3 is 2.66 bits per heavy atom. The maximum absolute atomic E-state index is 13.7. The Bertz CT molecular complexity index is 1580. The van der Waals surface area contributed by atoms with E-state index in [1.807, 2.05) is 12.1 Å². The minimum absolute atomic E-state index is 0.00857. The van der Waals surface area contributed by atoms with Gasteiger partial charge in [0.05, 0.1) is 38.9 Å². The molecule has 0 aliphatic carbocycles. The van der Waals surface area contributed by atoms with Crippen LogP contribution in [-0.4, -0.2) is 28.7 Å². The van der Waals surface area contributed by atoms with E-state index < -0.39 is 22.5 Å².